The van der Waals surface area contributed by atoms with E-state index in [1.165, 1.54) is 22.6 Å². The van der Waals surface area contributed by atoms with E-state index in [1.807, 2.05) is 32.9 Å². The van der Waals surface area contributed by atoms with Gasteiger partial charge in [0.1, 0.15) is 10.7 Å². The normalized spacial score (nSPS) is 16.6. The molecule has 2 aromatic heterocycles. The van der Waals surface area contributed by atoms with Crippen LogP contribution in [0.25, 0.3) is 10.2 Å². The van der Waals surface area contributed by atoms with Crippen molar-refractivity contribution in [2.45, 2.75) is 34.1 Å². The molecule has 0 bridgehead atoms. The Kier molecular flexibility index (Phi) is 5.49. The van der Waals surface area contributed by atoms with Crippen LogP contribution in [-0.4, -0.2) is 35.5 Å². The number of benzene rings is 1. The Bertz CT molecular complexity index is 1090. The minimum absolute atomic E-state index is 0.0139. The summed E-state index contributed by atoms with van der Waals surface area (Å²) in [5.74, 6) is 1.15. The number of aryl methyl sites for hydroxylation is 4. The van der Waals surface area contributed by atoms with E-state index in [0.29, 0.717) is 12.5 Å². The van der Waals surface area contributed by atoms with Gasteiger partial charge in [-0.25, -0.2) is 9.97 Å². The highest BCUT2D eigenvalue weighted by molar-refractivity contribution is 7.20. The Morgan fingerprint density at radius 2 is 2.07 bits per heavy atom. The minimum atomic E-state index is -0.0139. The summed E-state index contributed by atoms with van der Waals surface area (Å²) in [7, 11) is 0. The molecule has 0 radical (unpaired) electrons. The number of aromatic nitrogens is 2. The van der Waals surface area contributed by atoms with Crippen molar-refractivity contribution in [3.05, 3.63) is 50.7 Å². The van der Waals surface area contributed by atoms with E-state index in [-0.39, 0.29) is 5.91 Å². The van der Waals surface area contributed by atoms with Crippen molar-refractivity contribution >= 4 is 44.7 Å². The van der Waals surface area contributed by atoms with E-state index in [4.69, 9.17) is 11.6 Å². The second kappa shape index (κ2) is 7.92. The largest absolute Gasteiger partial charge is 0.371 e. The second-order valence-corrected chi connectivity index (χ2v) is 9.27. The van der Waals surface area contributed by atoms with Gasteiger partial charge >= 0.3 is 0 Å². The van der Waals surface area contributed by atoms with Crippen LogP contribution in [0, 0.1) is 33.6 Å². The Hall–Kier alpha value is -2.18. The average Bonchev–Trinajstić information content (AvgIpc) is 3.26. The van der Waals surface area contributed by atoms with Crippen LogP contribution in [0.15, 0.2) is 18.2 Å². The molecule has 1 aromatic carbocycles. The fourth-order valence-corrected chi connectivity index (χ4v) is 5.51. The van der Waals surface area contributed by atoms with Gasteiger partial charge in [-0.05, 0) is 63.3 Å². The zero-order chi connectivity index (χ0) is 20.7. The number of nitrogens with zero attached hydrogens (tertiary/aromatic N) is 3. The lowest BCUT2D eigenvalue weighted by Crippen LogP contribution is -2.31. The molecule has 0 aliphatic carbocycles. The fraction of sp³-hybridized carbons (Fsp3) is 0.409. The van der Waals surface area contributed by atoms with Gasteiger partial charge in [0.2, 0.25) is 0 Å². The number of thiophene rings is 1. The van der Waals surface area contributed by atoms with Crippen molar-refractivity contribution in [1.82, 2.24) is 15.3 Å². The highest BCUT2D eigenvalue weighted by Gasteiger charge is 2.25. The van der Waals surface area contributed by atoms with Crippen LogP contribution in [0.3, 0.4) is 0 Å². The SMILES string of the molecule is Cc1nc(C)c2c(C)c(C(=O)NCC3CCN(c4cc(Cl)ccc4C)C3)sc2n1. The number of hydrogen-bond acceptors (Lipinski definition) is 5. The van der Waals surface area contributed by atoms with Crippen LogP contribution < -0.4 is 10.2 Å². The molecule has 152 valence electrons. The molecule has 1 aliphatic heterocycles. The van der Waals surface area contributed by atoms with Crippen LogP contribution in [0.5, 0.6) is 0 Å². The number of halogens is 1. The molecule has 1 saturated heterocycles. The predicted molar refractivity (Wildman–Crippen MR) is 120 cm³/mol. The topological polar surface area (TPSA) is 58.1 Å². The molecule has 0 spiro atoms. The summed E-state index contributed by atoms with van der Waals surface area (Å²) in [5.41, 5.74) is 4.33. The maximum Gasteiger partial charge on any atom is 0.261 e. The number of carbonyl (C=O) groups is 1. The standard InChI is InChI=1S/C22H25ClN4OS/c1-12-5-6-17(23)9-18(12)27-8-7-16(11-27)10-24-21(28)20-13(2)19-14(3)25-15(4)26-22(19)29-20/h5-6,9,16H,7-8,10-11H2,1-4H3,(H,24,28). The molecule has 1 aliphatic rings. The molecule has 5 nitrogen and oxygen atoms in total. The summed E-state index contributed by atoms with van der Waals surface area (Å²) < 4.78 is 0. The third kappa shape index (κ3) is 3.96. The molecule has 1 atom stereocenters. The summed E-state index contributed by atoms with van der Waals surface area (Å²) in [6.07, 6.45) is 1.06. The van der Waals surface area contributed by atoms with Gasteiger partial charge < -0.3 is 10.2 Å². The van der Waals surface area contributed by atoms with Crippen molar-refractivity contribution < 1.29 is 4.79 Å². The molecule has 1 amide bonds. The highest BCUT2D eigenvalue weighted by atomic mass is 35.5. The number of carbonyl (C=O) groups excluding carboxylic acids is 1. The molecule has 1 unspecified atom stereocenters. The van der Waals surface area contributed by atoms with E-state index in [1.54, 1.807) is 0 Å². The lowest BCUT2D eigenvalue weighted by atomic mass is 10.1. The molecule has 29 heavy (non-hydrogen) atoms. The Labute approximate surface area is 180 Å². The van der Waals surface area contributed by atoms with E-state index < -0.39 is 0 Å². The van der Waals surface area contributed by atoms with Gasteiger partial charge in [0.05, 0.1) is 4.88 Å². The Morgan fingerprint density at radius 3 is 2.86 bits per heavy atom. The molecule has 1 fully saturated rings. The van der Waals surface area contributed by atoms with Gasteiger partial charge in [0.15, 0.2) is 0 Å². The number of rotatable bonds is 4. The van der Waals surface area contributed by atoms with Crippen LogP contribution in [0.1, 0.15) is 38.7 Å². The molecule has 3 heterocycles. The molecular formula is C22H25ClN4OS. The van der Waals surface area contributed by atoms with E-state index in [9.17, 15) is 4.79 Å². The summed E-state index contributed by atoms with van der Waals surface area (Å²) >= 11 is 7.63. The summed E-state index contributed by atoms with van der Waals surface area (Å²) in [5, 5.41) is 4.91. The van der Waals surface area contributed by atoms with Gasteiger partial charge in [0, 0.05) is 41.4 Å². The van der Waals surface area contributed by atoms with Crippen LogP contribution >= 0.6 is 22.9 Å². The Balaban J connectivity index is 1.43. The van der Waals surface area contributed by atoms with Gasteiger partial charge in [0.25, 0.3) is 5.91 Å². The van der Waals surface area contributed by atoms with Gasteiger partial charge in [-0.2, -0.15) is 0 Å². The first kappa shape index (κ1) is 20.1. The van der Waals surface area contributed by atoms with Crippen molar-refractivity contribution in [2.24, 2.45) is 5.92 Å². The number of anilines is 1. The molecule has 3 aromatic rings. The van der Waals surface area contributed by atoms with Crippen molar-refractivity contribution in [3.8, 4) is 0 Å². The van der Waals surface area contributed by atoms with Crippen LogP contribution in [0.4, 0.5) is 5.69 Å². The van der Waals surface area contributed by atoms with E-state index in [0.717, 1.165) is 56.7 Å². The highest BCUT2D eigenvalue weighted by Crippen LogP contribution is 2.32. The van der Waals surface area contributed by atoms with Crippen molar-refractivity contribution in [3.63, 3.8) is 0 Å². The lowest BCUT2D eigenvalue weighted by molar-refractivity contribution is 0.0952. The van der Waals surface area contributed by atoms with Gasteiger partial charge in [-0.3, -0.25) is 4.79 Å². The third-order valence-corrected chi connectivity index (χ3v) is 7.06. The quantitative estimate of drug-likeness (QED) is 0.646. The first-order valence-corrected chi connectivity index (χ1v) is 11.1. The fourth-order valence-electron chi connectivity index (χ4n) is 4.15. The minimum Gasteiger partial charge on any atom is -0.371 e. The number of nitrogens with one attached hydrogen (secondary N) is 1. The van der Waals surface area contributed by atoms with Crippen molar-refractivity contribution in [2.75, 3.05) is 24.5 Å². The number of fused-ring (bicyclic) bond motifs is 1. The molecule has 7 heteroatoms. The first-order valence-electron chi connectivity index (χ1n) is 9.87. The molecule has 4 rings (SSSR count). The van der Waals surface area contributed by atoms with Gasteiger partial charge in [-0.15, -0.1) is 11.3 Å². The smallest absolute Gasteiger partial charge is 0.261 e. The zero-order valence-electron chi connectivity index (χ0n) is 17.2. The zero-order valence-corrected chi connectivity index (χ0v) is 18.7. The first-order chi connectivity index (χ1) is 13.8. The molecule has 1 N–H and O–H groups in total. The van der Waals surface area contributed by atoms with Crippen molar-refractivity contribution in [1.29, 1.82) is 0 Å². The van der Waals surface area contributed by atoms with Gasteiger partial charge in [-0.1, -0.05) is 17.7 Å². The maximum absolute atomic E-state index is 12.9. The monoisotopic (exact) mass is 428 g/mol. The lowest BCUT2D eigenvalue weighted by Gasteiger charge is -2.21. The summed E-state index contributed by atoms with van der Waals surface area (Å²) in [6, 6.07) is 6.02. The van der Waals surface area contributed by atoms with Crippen LogP contribution in [0.2, 0.25) is 5.02 Å². The van der Waals surface area contributed by atoms with E-state index in [2.05, 4.69) is 33.2 Å². The molecule has 0 saturated carbocycles. The second-order valence-electron chi connectivity index (χ2n) is 7.83. The number of hydrogen-bond donors (Lipinski definition) is 1. The Morgan fingerprint density at radius 1 is 1.28 bits per heavy atom. The average molecular weight is 429 g/mol. The number of amides is 1. The molecular weight excluding hydrogens is 404 g/mol. The third-order valence-electron chi connectivity index (χ3n) is 5.64. The summed E-state index contributed by atoms with van der Waals surface area (Å²) in [6.45, 7) is 10.5. The summed E-state index contributed by atoms with van der Waals surface area (Å²) in [4.78, 5) is 25.8. The van der Waals surface area contributed by atoms with Crippen LogP contribution in [-0.2, 0) is 0 Å². The maximum atomic E-state index is 12.9. The predicted octanol–water partition coefficient (Wildman–Crippen LogP) is 4.83. The van der Waals surface area contributed by atoms with E-state index >= 15 is 0 Å².